The molecule has 0 radical (unpaired) electrons. The van der Waals surface area contributed by atoms with Crippen LogP contribution in [-0.4, -0.2) is 15.8 Å². The molecule has 114 valence electrons. The van der Waals surface area contributed by atoms with Gasteiger partial charge in [-0.25, -0.2) is 4.98 Å². The number of nitrogens with zero attached hydrogens (tertiary/aromatic N) is 2. The van der Waals surface area contributed by atoms with Gasteiger partial charge < -0.3 is 10.1 Å². The summed E-state index contributed by atoms with van der Waals surface area (Å²) < 4.78 is 1.51. The molecule has 1 N–H and O–H groups in total. The molecular formula is C17H19N3O2. The molecule has 1 aromatic carbocycles. The van der Waals surface area contributed by atoms with Crippen LogP contribution in [0.1, 0.15) is 35.0 Å². The van der Waals surface area contributed by atoms with Gasteiger partial charge in [0.15, 0.2) is 0 Å². The highest BCUT2D eigenvalue weighted by atomic mass is 16.1. The van der Waals surface area contributed by atoms with Crippen LogP contribution in [0.5, 0.6) is 0 Å². The maximum absolute atomic E-state index is 12.5. The van der Waals surface area contributed by atoms with Crippen LogP contribution in [0.4, 0.5) is 5.69 Å². The first-order valence-electron chi connectivity index (χ1n) is 7.45. The quantitative estimate of drug-likeness (QED) is 0.878. The highest BCUT2D eigenvalue weighted by Crippen LogP contribution is 2.21. The molecule has 5 nitrogen and oxygen atoms in total. The summed E-state index contributed by atoms with van der Waals surface area (Å²) in [6.45, 7) is 4.67. The molecule has 1 atom stereocenters. The van der Waals surface area contributed by atoms with Crippen LogP contribution < -0.4 is 10.9 Å². The highest BCUT2D eigenvalue weighted by Gasteiger charge is 2.24. The molecule has 1 aliphatic rings. The van der Waals surface area contributed by atoms with Gasteiger partial charge in [-0.2, -0.15) is 0 Å². The van der Waals surface area contributed by atoms with Gasteiger partial charge in [0.25, 0.3) is 5.56 Å². The standard InChI is InChI=1S/C17H19N3O2/c1-11-5-12(2)7-13(6-11)8-18-15-9-19-16-4-3-14(10-21)20(16)17(15)22/h5-7,9-10,14,18H,3-4,8H2,1-2H3. The zero-order valence-corrected chi connectivity index (χ0v) is 12.8. The summed E-state index contributed by atoms with van der Waals surface area (Å²) in [4.78, 5) is 27.9. The van der Waals surface area contributed by atoms with Crippen LogP contribution in [0.15, 0.2) is 29.2 Å². The number of benzene rings is 1. The number of hydrogen-bond donors (Lipinski definition) is 1. The Kier molecular flexibility index (Phi) is 3.79. The van der Waals surface area contributed by atoms with E-state index >= 15 is 0 Å². The van der Waals surface area contributed by atoms with Gasteiger partial charge in [0.2, 0.25) is 0 Å². The first-order valence-corrected chi connectivity index (χ1v) is 7.45. The SMILES string of the molecule is Cc1cc(C)cc(CNc2cnc3n(c2=O)C(C=O)CC3)c1. The van der Waals surface area contributed by atoms with Gasteiger partial charge in [-0.05, 0) is 25.8 Å². The average Bonchev–Trinajstić information content (AvgIpc) is 2.89. The summed E-state index contributed by atoms with van der Waals surface area (Å²) in [5.74, 6) is 0.694. The molecule has 0 saturated carbocycles. The normalized spacial score (nSPS) is 16.4. The molecule has 5 heteroatoms. The minimum Gasteiger partial charge on any atom is -0.375 e. The Balaban J connectivity index is 1.85. The van der Waals surface area contributed by atoms with Crippen LogP contribution in [0.2, 0.25) is 0 Å². The largest absolute Gasteiger partial charge is 0.375 e. The zero-order chi connectivity index (χ0) is 15.7. The molecule has 0 bridgehead atoms. The summed E-state index contributed by atoms with van der Waals surface area (Å²) in [6, 6.07) is 5.92. The average molecular weight is 297 g/mol. The van der Waals surface area contributed by atoms with Crippen molar-refractivity contribution < 1.29 is 4.79 Å². The van der Waals surface area contributed by atoms with Gasteiger partial charge in [0.05, 0.1) is 12.2 Å². The molecule has 3 rings (SSSR count). The molecule has 0 saturated heterocycles. The fourth-order valence-corrected chi connectivity index (χ4v) is 3.06. The Morgan fingerprint density at radius 3 is 2.73 bits per heavy atom. The summed E-state index contributed by atoms with van der Waals surface area (Å²) in [5.41, 5.74) is 3.79. The van der Waals surface area contributed by atoms with E-state index in [1.165, 1.54) is 15.7 Å². The van der Waals surface area contributed by atoms with Crippen molar-refractivity contribution in [1.29, 1.82) is 0 Å². The molecule has 1 aliphatic heterocycles. The highest BCUT2D eigenvalue weighted by molar-refractivity contribution is 5.57. The lowest BCUT2D eigenvalue weighted by atomic mass is 10.1. The number of hydrogen-bond acceptors (Lipinski definition) is 4. The van der Waals surface area contributed by atoms with E-state index in [2.05, 4.69) is 42.3 Å². The molecular weight excluding hydrogens is 278 g/mol. The second kappa shape index (κ2) is 5.75. The van der Waals surface area contributed by atoms with Crippen molar-refractivity contribution >= 4 is 12.0 Å². The van der Waals surface area contributed by atoms with Gasteiger partial charge >= 0.3 is 0 Å². The van der Waals surface area contributed by atoms with Crippen LogP contribution in [0, 0.1) is 13.8 Å². The zero-order valence-electron chi connectivity index (χ0n) is 12.8. The maximum atomic E-state index is 12.5. The Labute approximate surface area is 129 Å². The number of carbonyl (C=O) groups is 1. The van der Waals surface area contributed by atoms with E-state index in [-0.39, 0.29) is 11.6 Å². The summed E-state index contributed by atoms with van der Waals surface area (Å²) in [7, 11) is 0. The second-order valence-corrected chi connectivity index (χ2v) is 5.85. The molecule has 0 amide bonds. The molecule has 22 heavy (non-hydrogen) atoms. The topological polar surface area (TPSA) is 64.0 Å². The summed E-state index contributed by atoms with van der Waals surface area (Å²) >= 11 is 0. The van der Waals surface area contributed by atoms with Crippen molar-refractivity contribution in [2.45, 2.75) is 39.3 Å². The van der Waals surface area contributed by atoms with Crippen molar-refractivity contribution in [2.75, 3.05) is 5.32 Å². The molecule has 1 unspecified atom stereocenters. The lowest BCUT2D eigenvalue weighted by Gasteiger charge is -2.11. The van der Waals surface area contributed by atoms with E-state index in [9.17, 15) is 9.59 Å². The maximum Gasteiger partial charge on any atom is 0.277 e. The van der Waals surface area contributed by atoms with Gasteiger partial charge in [0, 0.05) is 13.0 Å². The van der Waals surface area contributed by atoms with E-state index in [0.29, 0.717) is 30.9 Å². The first kappa shape index (κ1) is 14.5. The van der Waals surface area contributed by atoms with E-state index < -0.39 is 0 Å². The molecule has 0 spiro atoms. The Morgan fingerprint density at radius 1 is 1.32 bits per heavy atom. The number of aldehydes is 1. The second-order valence-electron chi connectivity index (χ2n) is 5.85. The van der Waals surface area contributed by atoms with E-state index in [1.54, 1.807) is 6.20 Å². The monoisotopic (exact) mass is 297 g/mol. The van der Waals surface area contributed by atoms with Crippen LogP contribution in [-0.2, 0) is 17.8 Å². The predicted molar refractivity (Wildman–Crippen MR) is 85.2 cm³/mol. The number of fused-ring (bicyclic) bond motifs is 1. The number of anilines is 1. The number of aryl methyl sites for hydroxylation is 3. The van der Waals surface area contributed by atoms with Crippen molar-refractivity contribution in [2.24, 2.45) is 0 Å². The minimum atomic E-state index is -0.377. The lowest BCUT2D eigenvalue weighted by Crippen LogP contribution is -2.27. The number of carbonyl (C=O) groups excluding carboxylic acids is 1. The Bertz CT molecular complexity index is 760. The van der Waals surface area contributed by atoms with E-state index in [4.69, 9.17) is 0 Å². The van der Waals surface area contributed by atoms with Gasteiger partial charge in [-0.3, -0.25) is 9.36 Å². The van der Waals surface area contributed by atoms with Crippen molar-refractivity contribution in [3.05, 3.63) is 57.3 Å². The fraction of sp³-hybridized carbons (Fsp3) is 0.353. The molecule has 0 aliphatic carbocycles. The number of rotatable bonds is 4. The summed E-state index contributed by atoms with van der Waals surface area (Å²) in [6.07, 6.45) is 3.74. The molecule has 0 fully saturated rings. The molecule has 2 heterocycles. The fourth-order valence-electron chi connectivity index (χ4n) is 3.06. The Morgan fingerprint density at radius 2 is 2.05 bits per heavy atom. The van der Waals surface area contributed by atoms with Crippen molar-refractivity contribution in [3.8, 4) is 0 Å². The van der Waals surface area contributed by atoms with Gasteiger partial charge in [-0.15, -0.1) is 0 Å². The molecule has 2 aromatic rings. The lowest BCUT2D eigenvalue weighted by molar-refractivity contribution is -0.110. The predicted octanol–water partition coefficient (Wildman–Crippen LogP) is 2.16. The van der Waals surface area contributed by atoms with Gasteiger partial charge in [0.1, 0.15) is 17.8 Å². The third-order valence-electron chi connectivity index (χ3n) is 3.99. The summed E-state index contributed by atoms with van der Waals surface area (Å²) in [5, 5.41) is 3.15. The molecule has 1 aromatic heterocycles. The van der Waals surface area contributed by atoms with Crippen molar-refractivity contribution in [3.63, 3.8) is 0 Å². The Hall–Kier alpha value is -2.43. The van der Waals surface area contributed by atoms with E-state index in [0.717, 1.165) is 11.8 Å². The smallest absolute Gasteiger partial charge is 0.277 e. The van der Waals surface area contributed by atoms with Crippen LogP contribution in [0.3, 0.4) is 0 Å². The third-order valence-corrected chi connectivity index (χ3v) is 3.99. The van der Waals surface area contributed by atoms with Gasteiger partial charge in [-0.1, -0.05) is 29.3 Å². The number of nitrogens with one attached hydrogen (secondary N) is 1. The van der Waals surface area contributed by atoms with Crippen LogP contribution >= 0.6 is 0 Å². The number of aromatic nitrogens is 2. The van der Waals surface area contributed by atoms with E-state index in [1.807, 2.05) is 0 Å². The third kappa shape index (κ3) is 2.66. The van der Waals surface area contributed by atoms with Crippen LogP contribution in [0.25, 0.3) is 0 Å². The minimum absolute atomic E-state index is 0.163. The van der Waals surface area contributed by atoms with Crippen molar-refractivity contribution in [1.82, 2.24) is 9.55 Å². The first-order chi connectivity index (χ1) is 10.6.